The van der Waals surface area contributed by atoms with Crippen molar-refractivity contribution in [1.82, 2.24) is 19.7 Å². The van der Waals surface area contributed by atoms with Crippen LogP contribution in [-0.4, -0.2) is 25.7 Å². The van der Waals surface area contributed by atoms with Crippen LogP contribution in [0.3, 0.4) is 0 Å². The van der Waals surface area contributed by atoms with Gasteiger partial charge in [-0.3, -0.25) is 14.5 Å². The molecule has 0 atom stereocenters. The third-order valence-electron chi connectivity index (χ3n) is 4.15. The molecular formula is C18H16N6OS2. The molecule has 3 heterocycles. The minimum absolute atomic E-state index is 0.305. The van der Waals surface area contributed by atoms with Crippen molar-refractivity contribution in [2.45, 2.75) is 13.8 Å². The van der Waals surface area contributed by atoms with Crippen LogP contribution < -0.4 is 11.1 Å². The van der Waals surface area contributed by atoms with Gasteiger partial charge >= 0.3 is 0 Å². The first-order chi connectivity index (χ1) is 13.0. The molecular weight excluding hydrogens is 380 g/mol. The number of carbonyl (C=O) groups is 1. The second-order valence-electron chi connectivity index (χ2n) is 6.08. The van der Waals surface area contributed by atoms with Gasteiger partial charge in [0.1, 0.15) is 10.7 Å². The number of nitrogens with two attached hydrogens (primary N) is 1. The van der Waals surface area contributed by atoms with Crippen molar-refractivity contribution >= 4 is 52.1 Å². The van der Waals surface area contributed by atoms with Crippen molar-refractivity contribution in [3.8, 4) is 5.69 Å². The number of amides is 1. The van der Waals surface area contributed by atoms with Crippen LogP contribution in [0.1, 0.15) is 20.9 Å². The van der Waals surface area contributed by atoms with E-state index in [2.05, 4.69) is 20.5 Å². The van der Waals surface area contributed by atoms with Crippen molar-refractivity contribution in [3.05, 3.63) is 56.5 Å². The lowest BCUT2D eigenvalue weighted by atomic mass is 10.2. The minimum atomic E-state index is -0.355. The van der Waals surface area contributed by atoms with Crippen molar-refractivity contribution < 1.29 is 4.79 Å². The van der Waals surface area contributed by atoms with E-state index in [1.54, 1.807) is 4.57 Å². The average molecular weight is 397 g/mol. The molecule has 0 spiro atoms. The zero-order chi connectivity index (χ0) is 19.1. The van der Waals surface area contributed by atoms with Crippen molar-refractivity contribution in [2.75, 3.05) is 11.1 Å². The molecule has 27 heavy (non-hydrogen) atoms. The molecule has 1 amide bonds. The number of nitrogens with zero attached hydrogens (tertiary/aromatic N) is 3. The predicted octanol–water partition coefficient (Wildman–Crippen LogP) is 3.99. The zero-order valence-corrected chi connectivity index (χ0v) is 16.2. The fourth-order valence-electron chi connectivity index (χ4n) is 3.01. The normalized spacial score (nSPS) is 11.0. The molecule has 0 saturated carbocycles. The van der Waals surface area contributed by atoms with Gasteiger partial charge < -0.3 is 11.1 Å². The number of aromatic amines is 1. The number of anilines is 2. The van der Waals surface area contributed by atoms with Gasteiger partial charge in [0.15, 0.2) is 15.4 Å². The standard InChI is InChI=1S/C18H16N6OS2/c1-9-8-10(2)20-15-12(9)16(23-22-15)21-17(25)13-14(19)24(18(26)27-13)11-6-4-3-5-7-11/h3-8H,19H2,1-2H3,(H2,20,21,22,23,25). The molecule has 1 aromatic carbocycles. The van der Waals surface area contributed by atoms with E-state index in [0.717, 1.165) is 33.7 Å². The van der Waals surface area contributed by atoms with Gasteiger partial charge in [-0.1, -0.05) is 29.5 Å². The van der Waals surface area contributed by atoms with Gasteiger partial charge in [-0.25, -0.2) is 4.98 Å². The van der Waals surface area contributed by atoms with Crippen LogP contribution in [0.4, 0.5) is 11.6 Å². The quantitative estimate of drug-likeness (QED) is 0.455. The fourth-order valence-corrected chi connectivity index (χ4v) is 4.27. The molecule has 0 saturated heterocycles. The van der Waals surface area contributed by atoms with E-state index in [9.17, 15) is 4.79 Å². The van der Waals surface area contributed by atoms with Gasteiger partial charge in [-0.2, -0.15) is 5.10 Å². The summed E-state index contributed by atoms with van der Waals surface area (Å²) in [4.78, 5) is 17.6. The molecule has 0 aliphatic heterocycles. The molecule has 4 rings (SSSR count). The fraction of sp³-hybridized carbons (Fsp3) is 0.111. The number of fused-ring (bicyclic) bond motifs is 1. The third-order valence-corrected chi connectivity index (χ3v) is 5.54. The molecule has 4 N–H and O–H groups in total. The number of hydrogen-bond acceptors (Lipinski definition) is 6. The molecule has 0 fully saturated rings. The Labute approximate surface area is 163 Å². The molecule has 3 aromatic heterocycles. The van der Waals surface area contributed by atoms with E-state index in [-0.39, 0.29) is 5.91 Å². The molecule has 136 valence electrons. The number of hydrogen-bond donors (Lipinski definition) is 3. The Hall–Kier alpha value is -3.04. The maximum Gasteiger partial charge on any atom is 0.270 e. The average Bonchev–Trinajstić information content (AvgIpc) is 3.16. The summed E-state index contributed by atoms with van der Waals surface area (Å²) in [7, 11) is 0. The summed E-state index contributed by atoms with van der Waals surface area (Å²) in [6.07, 6.45) is 0. The van der Waals surface area contributed by atoms with Gasteiger partial charge in [0.2, 0.25) is 0 Å². The number of H-pyrrole nitrogens is 1. The number of pyridine rings is 1. The minimum Gasteiger partial charge on any atom is -0.383 e. The highest BCUT2D eigenvalue weighted by atomic mass is 32.1. The molecule has 9 heteroatoms. The topological polar surface area (TPSA) is 102 Å². The SMILES string of the molecule is Cc1cc(C)c2c(NC(=O)c3sc(=S)n(-c4ccccc4)c3N)n[nH]c2n1. The molecule has 0 radical (unpaired) electrons. The molecule has 7 nitrogen and oxygen atoms in total. The summed E-state index contributed by atoms with van der Waals surface area (Å²) in [6.45, 7) is 3.86. The maximum atomic E-state index is 12.8. The Morgan fingerprint density at radius 2 is 2.04 bits per heavy atom. The van der Waals surface area contributed by atoms with E-state index in [4.69, 9.17) is 18.0 Å². The summed E-state index contributed by atoms with van der Waals surface area (Å²) >= 11 is 6.58. The highest BCUT2D eigenvalue weighted by Gasteiger charge is 2.20. The first-order valence-electron chi connectivity index (χ1n) is 8.16. The smallest absolute Gasteiger partial charge is 0.270 e. The van der Waals surface area contributed by atoms with Crippen molar-refractivity contribution in [2.24, 2.45) is 0 Å². The number of carbonyl (C=O) groups excluding carboxylic acids is 1. The highest BCUT2D eigenvalue weighted by Crippen LogP contribution is 2.29. The molecule has 0 aliphatic carbocycles. The lowest BCUT2D eigenvalue weighted by molar-refractivity contribution is 0.103. The van der Waals surface area contributed by atoms with Gasteiger partial charge in [0.05, 0.1) is 5.39 Å². The number of aryl methyl sites for hydroxylation is 2. The van der Waals surface area contributed by atoms with Crippen LogP contribution in [-0.2, 0) is 0 Å². The van der Waals surface area contributed by atoms with Gasteiger partial charge in [-0.15, -0.1) is 0 Å². The van der Waals surface area contributed by atoms with E-state index < -0.39 is 0 Å². The van der Waals surface area contributed by atoms with Crippen LogP contribution in [0.25, 0.3) is 16.7 Å². The molecule has 4 aromatic rings. The van der Waals surface area contributed by atoms with Crippen LogP contribution >= 0.6 is 23.6 Å². The predicted molar refractivity (Wildman–Crippen MR) is 110 cm³/mol. The van der Waals surface area contributed by atoms with Crippen molar-refractivity contribution in [1.29, 1.82) is 0 Å². The summed E-state index contributed by atoms with van der Waals surface area (Å²) in [6, 6.07) is 11.4. The first-order valence-corrected chi connectivity index (χ1v) is 9.38. The summed E-state index contributed by atoms with van der Waals surface area (Å²) in [5.41, 5.74) is 9.53. The zero-order valence-electron chi connectivity index (χ0n) is 14.6. The Morgan fingerprint density at radius 3 is 2.78 bits per heavy atom. The lowest BCUT2D eigenvalue weighted by Gasteiger charge is -2.06. The lowest BCUT2D eigenvalue weighted by Crippen LogP contribution is -2.14. The van der Waals surface area contributed by atoms with Crippen LogP contribution in [0, 0.1) is 17.8 Å². The summed E-state index contributed by atoms with van der Waals surface area (Å²) in [5.74, 6) is 0.371. The number of nitrogen functional groups attached to an aromatic ring is 1. The number of para-hydroxylation sites is 1. The van der Waals surface area contributed by atoms with Gasteiger partial charge in [0, 0.05) is 11.4 Å². The molecule has 0 unspecified atom stereocenters. The van der Waals surface area contributed by atoms with Crippen LogP contribution in [0.5, 0.6) is 0 Å². The Morgan fingerprint density at radius 1 is 1.30 bits per heavy atom. The monoisotopic (exact) mass is 396 g/mol. The van der Waals surface area contributed by atoms with Gasteiger partial charge in [0.25, 0.3) is 5.91 Å². The van der Waals surface area contributed by atoms with E-state index in [0.29, 0.717) is 26.1 Å². The number of rotatable bonds is 3. The van der Waals surface area contributed by atoms with Crippen LogP contribution in [0.2, 0.25) is 0 Å². The van der Waals surface area contributed by atoms with E-state index >= 15 is 0 Å². The van der Waals surface area contributed by atoms with Crippen LogP contribution in [0.15, 0.2) is 36.4 Å². The van der Waals surface area contributed by atoms with Gasteiger partial charge in [-0.05, 0) is 49.8 Å². The summed E-state index contributed by atoms with van der Waals surface area (Å²) < 4.78 is 2.19. The Kier molecular flexibility index (Phi) is 4.25. The highest BCUT2D eigenvalue weighted by molar-refractivity contribution is 7.73. The third kappa shape index (κ3) is 3.00. The van der Waals surface area contributed by atoms with E-state index in [1.807, 2.05) is 50.2 Å². The second kappa shape index (κ2) is 6.60. The van der Waals surface area contributed by atoms with Crippen molar-refractivity contribution in [3.63, 3.8) is 0 Å². The Bertz CT molecular complexity index is 1220. The number of benzene rings is 1. The number of nitrogens with one attached hydrogen (secondary N) is 2. The Balaban J connectivity index is 1.72. The summed E-state index contributed by atoms with van der Waals surface area (Å²) in [5, 5.41) is 10.6. The number of aromatic nitrogens is 4. The molecule has 0 bridgehead atoms. The first kappa shape index (κ1) is 17.4. The largest absolute Gasteiger partial charge is 0.383 e. The van der Waals surface area contributed by atoms with E-state index in [1.165, 1.54) is 0 Å². The maximum absolute atomic E-state index is 12.8. The molecule has 0 aliphatic rings. The second-order valence-corrected chi connectivity index (χ2v) is 7.73. The number of thiazole rings is 1.